The molecule has 0 fully saturated rings. The van der Waals surface area contributed by atoms with Gasteiger partial charge in [0, 0.05) is 17.0 Å². The van der Waals surface area contributed by atoms with E-state index in [9.17, 15) is 4.79 Å². The van der Waals surface area contributed by atoms with Crippen LogP contribution < -0.4 is 10.1 Å². The molecule has 2 rings (SSSR count). The lowest BCUT2D eigenvalue weighted by molar-refractivity contribution is -0.131. The smallest absolute Gasteiger partial charge is 0.308 e. The average molecular weight is 263 g/mol. The quantitative estimate of drug-likeness (QED) is 0.512. The molecule has 96 valence electrons. The van der Waals surface area contributed by atoms with E-state index in [1.54, 1.807) is 11.3 Å². The number of nitrogens with one attached hydrogen (secondary N) is 1. The number of likely N-dealkylation sites (N-methyl/N-ethyl adjacent to an activating group) is 1. The summed E-state index contributed by atoms with van der Waals surface area (Å²) < 4.78 is 6.45. The molecule has 0 saturated heterocycles. The van der Waals surface area contributed by atoms with E-state index in [1.807, 2.05) is 12.1 Å². The van der Waals surface area contributed by atoms with Crippen LogP contribution in [-0.4, -0.2) is 19.1 Å². The standard InChI is InChI=1S/C14H17NO2S/c1-3-15-8-7-11-9-18-13-6-4-5-12(14(11)13)17-10(2)16/h4-6,9,15H,3,7-8H2,1-2H3. The maximum absolute atomic E-state index is 11.1. The van der Waals surface area contributed by atoms with Gasteiger partial charge in [0.2, 0.25) is 0 Å². The van der Waals surface area contributed by atoms with Crippen LogP contribution in [0, 0.1) is 0 Å². The Morgan fingerprint density at radius 3 is 3.00 bits per heavy atom. The van der Waals surface area contributed by atoms with Crippen LogP contribution in [-0.2, 0) is 11.2 Å². The van der Waals surface area contributed by atoms with Crippen molar-refractivity contribution in [3.8, 4) is 5.75 Å². The monoisotopic (exact) mass is 263 g/mol. The highest BCUT2D eigenvalue weighted by molar-refractivity contribution is 7.17. The van der Waals surface area contributed by atoms with Gasteiger partial charge in [-0.05, 0) is 42.6 Å². The van der Waals surface area contributed by atoms with Gasteiger partial charge in [-0.15, -0.1) is 11.3 Å². The van der Waals surface area contributed by atoms with Crippen molar-refractivity contribution >= 4 is 27.4 Å². The topological polar surface area (TPSA) is 38.3 Å². The number of ether oxygens (including phenoxy) is 1. The van der Waals surface area contributed by atoms with E-state index in [2.05, 4.69) is 23.7 Å². The first-order chi connectivity index (χ1) is 8.72. The normalized spacial score (nSPS) is 10.8. The Hall–Kier alpha value is -1.39. The molecule has 0 unspecified atom stereocenters. The Kier molecular flexibility index (Phi) is 4.33. The third-order valence-electron chi connectivity index (χ3n) is 2.71. The Morgan fingerprint density at radius 2 is 2.28 bits per heavy atom. The summed E-state index contributed by atoms with van der Waals surface area (Å²) in [6, 6.07) is 5.84. The predicted octanol–water partition coefficient (Wildman–Crippen LogP) is 2.98. The maximum atomic E-state index is 11.1. The van der Waals surface area contributed by atoms with Crippen molar-refractivity contribution < 1.29 is 9.53 Å². The summed E-state index contributed by atoms with van der Waals surface area (Å²) >= 11 is 1.69. The summed E-state index contributed by atoms with van der Waals surface area (Å²) in [5, 5.41) is 6.54. The highest BCUT2D eigenvalue weighted by atomic mass is 32.1. The molecule has 3 nitrogen and oxygen atoms in total. The second kappa shape index (κ2) is 5.98. The van der Waals surface area contributed by atoms with Gasteiger partial charge >= 0.3 is 5.97 Å². The van der Waals surface area contributed by atoms with Gasteiger partial charge < -0.3 is 10.1 Å². The van der Waals surface area contributed by atoms with E-state index in [4.69, 9.17) is 4.74 Å². The second-order valence-electron chi connectivity index (χ2n) is 4.09. The number of hydrogen-bond donors (Lipinski definition) is 1. The average Bonchev–Trinajstić information content (AvgIpc) is 2.73. The Bertz CT molecular complexity index is 548. The van der Waals surface area contributed by atoms with Gasteiger partial charge in [-0.25, -0.2) is 0 Å². The zero-order valence-corrected chi connectivity index (χ0v) is 11.5. The van der Waals surface area contributed by atoms with Crippen molar-refractivity contribution in [1.29, 1.82) is 0 Å². The van der Waals surface area contributed by atoms with Crippen LogP contribution in [0.2, 0.25) is 0 Å². The SMILES string of the molecule is CCNCCc1csc2cccc(OC(C)=O)c12. The van der Waals surface area contributed by atoms with Gasteiger partial charge in [-0.2, -0.15) is 0 Å². The summed E-state index contributed by atoms with van der Waals surface area (Å²) in [6.07, 6.45) is 0.951. The molecule has 4 heteroatoms. The minimum absolute atomic E-state index is 0.272. The lowest BCUT2D eigenvalue weighted by atomic mass is 10.1. The molecule has 2 aromatic rings. The van der Waals surface area contributed by atoms with Crippen LogP contribution >= 0.6 is 11.3 Å². The number of rotatable bonds is 5. The molecule has 0 spiro atoms. The van der Waals surface area contributed by atoms with Crippen molar-refractivity contribution in [2.24, 2.45) is 0 Å². The Balaban J connectivity index is 2.32. The lowest BCUT2D eigenvalue weighted by Gasteiger charge is -2.06. The molecule has 0 aliphatic carbocycles. The van der Waals surface area contributed by atoms with Crippen LogP contribution in [0.5, 0.6) is 5.75 Å². The lowest BCUT2D eigenvalue weighted by Crippen LogP contribution is -2.15. The van der Waals surface area contributed by atoms with E-state index < -0.39 is 0 Å². The number of benzene rings is 1. The van der Waals surface area contributed by atoms with Crippen LogP contribution in [0.1, 0.15) is 19.4 Å². The number of thiophene rings is 1. The molecule has 18 heavy (non-hydrogen) atoms. The molecule has 0 atom stereocenters. The molecule has 1 aromatic carbocycles. The summed E-state index contributed by atoms with van der Waals surface area (Å²) in [5.74, 6) is 0.402. The van der Waals surface area contributed by atoms with Crippen molar-refractivity contribution in [1.82, 2.24) is 5.32 Å². The van der Waals surface area contributed by atoms with Crippen molar-refractivity contribution in [3.05, 3.63) is 29.1 Å². The first-order valence-electron chi connectivity index (χ1n) is 6.10. The number of carbonyl (C=O) groups is 1. The van der Waals surface area contributed by atoms with Gasteiger partial charge in [-0.3, -0.25) is 4.79 Å². The Labute approximate surface area is 111 Å². The van der Waals surface area contributed by atoms with Gasteiger partial charge in [0.1, 0.15) is 5.75 Å². The summed E-state index contributed by atoms with van der Waals surface area (Å²) in [5.41, 5.74) is 1.24. The van der Waals surface area contributed by atoms with E-state index in [0.29, 0.717) is 5.75 Å². The molecular weight excluding hydrogens is 246 g/mol. The van der Waals surface area contributed by atoms with Gasteiger partial charge in [-0.1, -0.05) is 13.0 Å². The first-order valence-corrected chi connectivity index (χ1v) is 6.98. The van der Waals surface area contributed by atoms with Gasteiger partial charge in [0.25, 0.3) is 0 Å². The molecular formula is C14H17NO2S. The third kappa shape index (κ3) is 2.89. The largest absolute Gasteiger partial charge is 0.426 e. The van der Waals surface area contributed by atoms with E-state index in [0.717, 1.165) is 24.9 Å². The minimum Gasteiger partial charge on any atom is -0.426 e. The third-order valence-corrected chi connectivity index (χ3v) is 3.71. The zero-order chi connectivity index (χ0) is 13.0. The Morgan fingerprint density at radius 1 is 1.44 bits per heavy atom. The van der Waals surface area contributed by atoms with E-state index >= 15 is 0 Å². The van der Waals surface area contributed by atoms with Crippen molar-refractivity contribution in [2.75, 3.05) is 13.1 Å². The van der Waals surface area contributed by atoms with Crippen molar-refractivity contribution in [2.45, 2.75) is 20.3 Å². The molecule has 0 amide bonds. The predicted molar refractivity (Wildman–Crippen MR) is 75.4 cm³/mol. The molecule has 0 aliphatic heterocycles. The van der Waals surface area contributed by atoms with Crippen LogP contribution in [0.25, 0.3) is 10.1 Å². The second-order valence-corrected chi connectivity index (χ2v) is 5.00. The fourth-order valence-electron chi connectivity index (χ4n) is 1.94. The number of esters is 1. The van der Waals surface area contributed by atoms with Crippen LogP contribution in [0.15, 0.2) is 23.6 Å². The number of fused-ring (bicyclic) bond motifs is 1. The summed E-state index contributed by atoms with van der Waals surface area (Å²) in [7, 11) is 0. The highest BCUT2D eigenvalue weighted by Crippen LogP contribution is 2.34. The fraction of sp³-hybridized carbons (Fsp3) is 0.357. The zero-order valence-electron chi connectivity index (χ0n) is 10.7. The van der Waals surface area contributed by atoms with Gasteiger partial charge in [0.05, 0.1) is 0 Å². The van der Waals surface area contributed by atoms with Crippen LogP contribution in [0.3, 0.4) is 0 Å². The summed E-state index contributed by atoms with van der Waals surface area (Å²) in [6.45, 7) is 5.44. The molecule has 1 aromatic heterocycles. The molecule has 0 bridgehead atoms. The van der Waals surface area contributed by atoms with Crippen molar-refractivity contribution in [3.63, 3.8) is 0 Å². The molecule has 0 radical (unpaired) electrons. The van der Waals surface area contributed by atoms with Crippen LogP contribution in [0.4, 0.5) is 0 Å². The summed E-state index contributed by atoms with van der Waals surface area (Å²) in [4.78, 5) is 11.1. The maximum Gasteiger partial charge on any atom is 0.308 e. The minimum atomic E-state index is -0.272. The molecule has 1 heterocycles. The van der Waals surface area contributed by atoms with E-state index in [1.165, 1.54) is 17.2 Å². The molecule has 1 N–H and O–H groups in total. The number of carbonyl (C=O) groups excluding carboxylic acids is 1. The fourth-order valence-corrected chi connectivity index (χ4v) is 2.95. The van der Waals surface area contributed by atoms with Gasteiger partial charge in [0.15, 0.2) is 0 Å². The highest BCUT2D eigenvalue weighted by Gasteiger charge is 2.10. The number of hydrogen-bond acceptors (Lipinski definition) is 4. The first kappa shape index (κ1) is 13.1. The molecule has 0 saturated carbocycles. The molecule has 0 aliphatic rings. The van der Waals surface area contributed by atoms with E-state index in [-0.39, 0.29) is 5.97 Å².